The van der Waals surface area contributed by atoms with Crippen molar-refractivity contribution in [2.45, 2.75) is 6.92 Å². The van der Waals surface area contributed by atoms with E-state index in [4.69, 9.17) is 9.47 Å². The number of aromatic nitrogens is 2. The molecule has 132 valence electrons. The minimum atomic E-state index is -0.207. The Labute approximate surface area is 151 Å². The summed E-state index contributed by atoms with van der Waals surface area (Å²) < 4.78 is 12.5. The second kappa shape index (κ2) is 8.08. The number of ether oxygens (including phenoxy) is 2. The normalized spacial score (nSPS) is 10.1. The van der Waals surface area contributed by atoms with Crippen molar-refractivity contribution in [3.63, 3.8) is 0 Å². The molecule has 1 aromatic carbocycles. The highest BCUT2D eigenvalue weighted by Crippen LogP contribution is 2.25. The Morgan fingerprint density at radius 2 is 1.92 bits per heavy atom. The molecule has 1 amide bonds. The van der Waals surface area contributed by atoms with Gasteiger partial charge in [-0.05, 0) is 31.2 Å². The van der Waals surface area contributed by atoms with E-state index in [-0.39, 0.29) is 19.1 Å². The number of carbonyl (C=O) groups excluding carboxylic acids is 1. The van der Waals surface area contributed by atoms with Gasteiger partial charge in [-0.2, -0.15) is 0 Å². The number of benzene rings is 1. The van der Waals surface area contributed by atoms with Gasteiger partial charge in [0.05, 0.1) is 19.3 Å². The third-order valence-electron chi connectivity index (χ3n) is 3.75. The van der Waals surface area contributed by atoms with Crippen LogP contribution in [0.25, 0.3) is 5.65 Å². The third kappa shape index (κ3) is 3.78. The number of nitrogens with zero attached hydrogens (tertiary/aromatic N) is 2. The second-order valence-corrected chi connectivity index (χ2v) is 5.45. The van der Waals surface area contributed by atoms with E-state index in [9.17, 15) is 4.79 Å². The molecular weight excluding hydrogens is 330 g/mol. The SMILES string of the molecule is COc1ccccc1OCC#CCNC(=O)c1c(C)nc2ccccn12. The molecule has 0 aliphatic carbocycles. The number of hydrogen-bond acceptors (Lipinski definition) is 4. The number of methoxy groups -OCH3 is 1. The van der Waals surface area contributed by atoms with Crippen molar-refractivity contribution in [3.05, 3.63) is 60.0 Å². The summed E-state index contributed by atoms with van der Waals surface area (Å²) in [5.74, 6) is 6.83. The number of fused-ring (bicyclic) bond motifs is 1. The van der Waals surface area contributed by atoms with Gasteiger partial charge in [0, 0.05) is 6.20 Å². The van der Waals surface area contributed by atoms with Crippen molar-refractivity contribution in [1.29, 1.82) is 0 Å². The van der Waals surface area contributed by atoms with Crippen LogP contribution in [-0.2, 0) is 0 Å². The number of nitrogens with one attached hydrogen (secondary N) is 1. The molecule has 26 heavy (non-hydrogen) atoms. The zero-order valence-electron chi connectivity index (χ0n) is 14.7. The number of para-hydroxylation sites is 2. The molecule has 1 N–H and O–H groups in total. The molecule has 0 aliphatic heterocycles. The van der Waals surface area contributed by atoms with Crippen LogP contribution in [0.3, 0.4) is 0 Å². The van der Waals surface area contributed by atoms with Crippen molar-refractivity contribution in [2.75, 3.05) is 20.3 Å². The predicted octanol–water partition coefficient (Wildman–Crippen LogP) is 2.46. The van der Waals surface area contributed by atoms with E-state index in [0.717, 1.165) is 5.65 Å². The highest BCUT2D eigenvalue weighted by Gasteiger charge is 2.15. The maximum atomic E-state index is 12.4. The van der Waals surface area contributed by atoms with Crippen LogP contribution >= 0.6 is 0 Å². The summed E-state index contributed by atoms with van der Waals surface area (Å²) >= 11 is 0. The fourth-order valence-corrected chi connectivity index (χ4v) is 2.56. The number of rotatable bonds is 5. The number of hydrogen-bond donors (Lipinski definition) is 1. The van der Waals surface area contributed by atoms with Crippen LogP contribution in [0.5, 0.6) is 11.5 Å². The highest BCUT2D eigenvalue weighted by atomic mass is 16.5. The van der Waals surface area contributed by atoms with Gasteiger partial charge in [0.2, 0.25) is 0 Å². The van der Waals surface area contributed by atoms with Gasteiger partial charge in [-0.25, -0.2) is 4.98 Å². The quantitative estimate of drug-likeness (QED) is 0.719. The van der Waals surface area contributed by atoms with Crippen LogP contribution in [-0.4, -0.2) is 35.6 Å². The lowest BCUT2D eigenvalue weighted by Gasteiger charge is -2.07. The van der Waals surface area contributed by atoms with Gasteiger partial charge in [0.1, 0.15) is 17.9 Å². The highest BCUT2D eigenvalue weighted by molar-refractivity contribution is 5.94. The van der Waals surface area contributed by atoms with E-state index in [0.29, 0.717) is 22.9 Å². The molecule has 0 aliphatic rings. The van der Waals surface area contributed by atoms with Crippen LogP contribution in [0.2, 0.25) is 0 Å². The first-order chi connectivity index (χ1) is 12.7. The van der Waals surface area contributed by atoms with Crippen LogP contribution in [0.4, 0.5) is 0 Å². The standard InChI is InChI=1S/C20H19N3O3/c1-15-19(23-13-7-5-11-18(23)22-15)20(24)21-12-6-8-14-26-17-10-4-3-9-16(17)25-2/h3-5,7,9-11,13H,12,14H2,1-2H3,(H,21,24). The van der Waals surface area contributed by atoms with E-state index in [1.54, 1.807) is 11.5 Å². The summed E-state index contributed by atoms with van der Waals surface area (Å²) in [7, 11) is 1.59. The molecule has 6 nitrogen and oxygen atoms in total. The Morgan fingerprint density at radius 3 is 2.73 bits per heavy atom. The Morgan fingerprint density at radius 1 is 1.15 bits per heavy atom. The van der Waals surface area contributed by atoms with Crippen molar-refractivity contribution in [2.24, 2.45) is 0 Å². The molecule has 0 spiro atoms. The first-order valence-electron chi connectivity index (χ1n) is 8.14. The lowest BCUT2D eigenvalue weighted by molar-refractivity contribution is 0.0952. The van der Waals surface area contributed by atoms with E-state index in [2.05, 4.69) is 22.1 Å². The van der Waals surface area contributed by atoms with Gasteiger partial charge in [0.25, 0.3) is 5.91 Å². The molecule has 0 unspecified atom stereocenters. The summed E-state index contributed by atoms with van der Waals surface area (Å²) in [5, 5.41) is 2.79. The Balaban J connectivity index is 1.54. The number of carbonyl (C=O) groups is 1. The van der Waals surface area contributed by atoms with Crippen LogP contribution in [0, 0.1) is 18.8 Å². The molecule has 3 rings (SSSR count). The number of aryl methyl sites for hydroxylation is 1. The van der Waals surface area contributed by atoms with Gasteiger partial charge in [-0.3, -0.25) is 9.20 Å². The minimum absolute atomic E-state index is 0.207. The summed E-state index contributed by atoms with van der Waals surface area (Å²) in [4.78, 5) is 16.8. The number of amides is 1. The molecular formula is C20H19N3O3. The topological polar surface area (TPSA) is 64.9 Å². The van der Waals surface area contributed by atoms with Gasteiger partial charge < -0.3 is 14.8 Å². The molecule has 0 radical (unpaired) electrons. The van der Waals surface area contributed by atoms with E-state index >= 15 is 0 Å². The lowest BCUT2D eigenvalue weighted by Crippen LogP contribution is -2.25. The molecule has 0 saturated heterocycles. The van der Waals surface area contributed by atoms with Gasteiger partial charge in [-0.1, -0.05) is 30.0 Å². The first-order valence-corrected chi connectivity index (χ1v) is 8.14. The Bertz CT molecular complexity index is 983. The van der Waals surface area contributed by atoms with Gasteiger partial charge in [-0.15, -0.1) is 0 Å². The molecule has 6 heteroatoms. The van der Waals surface area contributed by atoms with Crippen LogP contribution in [0.15, 0.2) is 48.7 Å². The molecule has 2 aromatic heterocycles. The molecule has 0 saturated carbocycles. The van der Waals surface area contributed by atoms with Crippen molar-refractivity contribution >= 4 is 11.6 Å². The fraction of sp³-hybridized carbons (Fsp3) is 0.200. The molecule has 0 bridgehead atoms. The summed E-state index contributed by atoms with van der Waals surface area (Å²) in [6.45, 7) is 2.26. The van der Waals surface area contributed by atoms with Gasteiger partial charge >= 0.3 is 0 Å². The predicted molar refractivity (Wildman–Crippen MR) is 98.5 cm³/mol. The largest absolute Gasteiger partial charge is 0.493 e. The molecule has 0 fully saturated rings. The zero-order chi connectivity index (χ0) is 18.4. The smallest absolute Gasteiger partial charge is 0.270 e. The summed E-state index contributed by atoms with van der Waals surface area (Å²) in [6.07, 6.45) is 1.82. The van der Waals surface area contributed by atoms with E-state index in [1.165, 1.54) is 0 Å². The lowest BCUT2D eigenvalue weighted by atomic mass is 10.3. The molecule has 3 aromatic rings. The Kier molecular flexibility index (Phi) is 5.40. The Hall–Kier alpha value is -3.46. The molecule has 0 atom stereocenters. The maximum absolute atomic E-state index is 12.4. The number of imidazole rings is 1. The fourth-order valence-electron chi connectivity index (χ4n) is 2.56. The average Bonchev–Trinajstić information content (AvgIpc) is 3.00. The molecule has 2 heterocycles. The zero-order valence-corrected chi connectivity index (χ0v) is 14.7. The first kappa shape index (κ1) is 17.4. The van der Waals surface area contributed by atoms with Crippen molar-refractivity contribution < 1.29 is 14.3 Å². The third-order valence-corrected chi connectivity index (χ3v) is 3.75. The van der Waals surface area contributed by atoms with Crippen molar-refractivity contribution in [1.82, 2.24) is 14.7 Å². The summed E-state index contributed by atoms with van der Waals surface area (Å²) in [5.41, 5.74) is 1.94. The van der Waals surface area contributed by atoms with E-state index in [1.807, 2.05) is 55.6 Å². The summed E-state index contributed by atoms with van der Waals surface area (Å²) in [6, 6.07) is 13.0. The van der Waals surface area contributed by atoms with Gasteiger partial charge in [0.15, 0.2) is 11.5 Å². The van der Waals surface area contributed by atoms with Crippen LogP contribution in [0.1, 0.15) is 16.2 Å². The average molecular weight is 349 g/mol. The van der Waals surface area contributed by atoms with E-state index < -0.39 is 0 Å². The van der Waals surface area contributed by atoms with Crippen molar-refractivity contribution in [3.8, 4) is 23.3 Å². The van der Waals surface area contributed by atoms with Crippen LogP contribution < -0.4 is 14.8 Å². The second-order valence-electron chi connectivity index (χ2n) is 5.45. The number of pyridine rings is 1. The minimum Gasteiger partial charge on any atom is -0.493 e. The maximum Gasteiger partial charge on any atom is 0.270 e. The monoisotopic (exact) mass is 349 g/mol.